The van der Waals surface area contributed by atoms with E-state index in [1.165, 1.54) is 81.8 Å². The second-order valence-electron chi connectivity index (χ2n) is 14.6. The van der Waals surface area contributed by atoms with Crippen LogP contribution in [0.25, 0.3) is 32.7 Å². The van der Waals surface area contributed by atoms with Gasteiger partial charge >= 0.3 is 0 Å². The fourth-order valence-corrected chi connectivity index (χ4v) is 12.0. The van der Waals surface area contributed by atoms with Crippen LogP contribution in [0.4, 0.5) is 17.1 Å². The Morgan fingerprint density at radius 2 is 1.30 bits per heavy atom. The molecule has 12 rings (SSSR count). The number of nitrogens with zero attached hydrogens (tertiary/aromatic N) is 1. The van der Waals surface area contributed by atoms with E-state index in [-0.39, 0.29) is 5.41 Å². The van der Waals surface area contributed by atoms with Crippen molar-refractivity contribution in [2.75, 3.05) is 4.90 Å². The molecule has 2 spiro atoms. The van der Waals surface area contributed by atoms with Crippen molar-refractivity contribution in [2.45, 2.75) is 37.5 Å². The minimum absolute atomic E-state index is 0.167. The lowest BCUT2D eigenvalue weighted by atomic mass is 9.36. The molecular weight excluding hydrogens is 530 g/mol. The zero-order valence-corrected chi connectivity index (χ0v) is 24.9. The predicted molar refractivity (Wildman–Crippen MR) is 182 cm³/mol. The zero-order chi connectivity index (χ0) is 28.6. The van der Waals surface area contributed by atoms with Gasteiger partial charge in [0, 0.05) is 22.2 Å². The first kappa shape index (κ1) is 24.0. The predicted octanol–water partition coefficient (Wildman–Crippen LogP) is 11.2. The van der Waals surface area contributed by atoms with Crippen molar-refractivity contribution in [1.82, 2.24) is 0 Å². The van der Waals surface area contributed by atoms with Gasteiger partial charge in [0.15, 0.2) is 0 Å². The van der Waals surface area contributed by atoms with E-state index in [1.54, 1.807) is 11.1 Å². The molecule has 6 unspecified atom stereocenters. The molecule has 0 heterocycles. The summed E-state index contributed by atoms with van der Waals surface area (Å²) in [6.45, 7) is 0. The van der Waals surface area contributed by atoms with Crippen LogP contribution in [0.3, 0.4) is 0 Å². The van der Waals surface area contributed by atoms with Gasteiger partial charge in [-0.3, -0.25) is 0 Å². The van der Waals surface area contributed by atoms with E-state index < -0.39 is 0 Å². The first-order valence-corrected chi connectivity index (χ1v) is 16.8. The highest BCUT2D eigenvalue weighted by Gasteiger charge is 2.78. The van der Waals surface area contributed by atoms with Crippen LogP contribution < -0.4 is 4.90 Å². The smallest absolute Gasteiger partial charge is 0.0546 e. The molecule has 1 nitrogen and oxygen atoms in total. The Labute approximate surface area is 259 Å². The number of para-hydroxylation sites is 1. The van der Waals surface area contributed by atoms with E-state index in [4.69, 9.17) is 0 Å². The Hall–Kier alpha value is -4.36. The van der Waals surface area contributed by atoms with E-state index in [0.717, 1.165) is 23.7 Å². The van der Waals surface area contributed by atoms with Crippen LogP contribution in [0.15, 0.2) is 127 Å². The summed E-state index contributed by atoms with van der Waals surface area (Å²) >= 11 is 0. The van der Waals surface area contributed by atoms with Gasteiger partial charge < -0.3 is 4.90 Å². The summed E-state index contributed by atoms with van der Waals surface area (Å²) in [5.74, 6) is 3.61. The fourth-order valence-electron chi connectivity index (χ4n) is 12.0. The summed E-state index contributed by atoms with van der Waals surface area (Å²) in [5, 5.41) is 5.21. The normalized spacial score (nSPS) is 30.0. The van der Waals surface area contributed by atoms with Crippen LogP contribution in [0.5, 0.6) is 0 Å². The van der Waals surface area contributed by atoms with Crippen LogP contribution in [0.2, 0.25) is 0 Å². The quantitative estimate of drug-likeness (QED) is 0.193. The number of hydrogen-bond donors (Lipinski definition) is 0. The van der Waals surface area contributed by atoms with E-state index in [1.807, 2.05) is 0 Å². The summed E-state index contributed by atoms with van der Waals surface area (Å²) in [7, 11) is 0. The Balaban J connectivity index is 1.19. The van der Waals surface area contributed by atoms with E-state index in [0.29, 0.717) is 5.41 Å². The minimum atomic E-state index is 0.167. The molecule has 0 aliphatic heterocycles. The number of rotatable bonds is 3. The standard InChI is InChI=1S/C43H35N/c1-2-11-31(12-3-1)44(41-22-28-10-4-5-13-33(28)34-14-6-7-16-37(34)41)32-18-19-36-35-15-8-9-17-38(35)43(40(36)24-32)30-21-27-20-29-26-42(43,25-27)39(29)23-30/h1-19,22,24,27,29-30,39H,20-21,23,25-26H2. The second-order valence-corrected chi connectivity index (χ2v) is 14.6. The maximum Gasteiger partial charge on any atom is 0.0546 e. The molecule has 5 fully saturated rings. The molecule has 0 saturated heterocycles. The van der Waals surface area contributed by atoms with Gasteiger partial charge in [-0.25, -0.2) is 0 Å². The Bertz CT molecular complexity index is 2160. The third-order valence-corrected chi connectivity index (χ3v) is 13.1. The molecule has 6 aliphatic rings. The molecule has 6 aromatic carbocycles. The highest BCUT2D eigenvalue weighted by atomic mass is 15.1. The van der Waals surface area contributed by atoms with Crippen LogP contribution in [0, 0.1) is 29.1 Å². The first-order valence-electron chi connectivity index (χ1n) is 16.8. The molecular formula is C43H35N. The van der Waals surface area contributed by atoms with Gasteiger partial charge in [0.1, 0.15) is 0 Å². The van der Waals surface area contributed by atoms with Gasteiger partial charge in [-0.1, -0.05) is 97.1 Å². The lowest BCUT2D eigenvalue weighted by Crippen LogP contribution is -2.62. The largest absolute Gasteiger partial charge is 0.310 e. The molecule has 0 aromatic heterocycles. The zero-order valence-electron chi connectivity index (χ0n) is 24.9. The van der Waals surface area contributed by atoms with Crippen molar-refractivity contribution in [3.63, 3.8) is 0 Å². The Morgan fingerprint density at radius 3 is 2.20 bits per heavy atom. The van der Waals surface area contributed by atoms with Crippen molar-refractivity contribution in [3.8, 4) is 11.1 Å². The monoisotopic (exact) mass is 565 g/mol. The summed E-state index contributed by atoms with van der Waals surface area (Å²) < 4.78 is 0. The molecule has 5 saturated carbocycles. The molecule has 4 bridgehead atoms. The highest BCUT2D eigenvalue weighted by Crippen LogP contribution is 2.84. The van der Waals surface area contributed by atoms with Gasteiger partial charge in [-0.2, -0.15) is 0 Å². The van der Waals surface area contributed by atoms with Gasteiger partial charge in [-0.15, -0.1) is 0 Å². The van der Waals surface area contributed by atoms with Crippen molar-refractivity contribution >= 4 is 38.6 Å². The van der Waals surface area contributed by atoms with Crippen LogP contribution >= 0.6 is 0 Å². The van der Waals surface area contributed by atoms with Crippen molar-refractivity contribution in [3.05, 3.63) is 139 Å². The van der Waals surface area contributed by atoms with E-state index >= 15 is 0 Å². The summed E-state index contributed by atoms with van der Waals surface area (Å²) in [6.07, 6.45) is 7.26. The first-order chi connectivity index (χ1) is 21.8. The Kier molecular flexibility index (Phi) is 4.48. The molecule has 1 heteroatoms. The molecule has 0 amide bonds. The van der Waals surface area contributed by atoms with Crippen LogP contribution in [-0.4, -0.2) is 0 Å². The van der Waals surface area contributed by atoms with Gasteiger partial charge in [0.05, 0.1) is 5.69 Å². The number of hydrogen-bond acceptors (Lipinski definition) is 1. The number of benzene rings is 6. The maximum absolute atomic E-state index is 2.65. The summed E-state index contributed by atoms with van der Waals surface area (Å²) in [4.78, 5) is 2.55. The molecule has 0 radical (unpaired) electrons. The molecule has 212 valence electrons. The lowest BCUT2D eigenvalue weighted by Gasteiger charge is -2.67. The molecule has 6 aromatic rings. The average Bonchev–Trinajstić information content (AvgIpc) is 3.36. The highest BCUT2D eigenvalue weighted by molar-refractivity contribution is 6.14. The van der Waals surface area contributed by atoms with Gasteiger partial charge in [-0.05, 0) is 130 Å². The maximum atomic E-state index is 2.65. The summed E-state index contributed by atoms with van der Waals surface area (Å²) in [5.41, 5.74) is 10.7. The molecule has 0 N–H and O–H groups in total. The number of anilines is 3. The second kappa shape index (κ2) is 8.21. The molecule has 6 atom stereocenters. The van der Waals surface area contributed by atoms with Crippen LogP contribution in [0.1, 0.15) is 43.2 Å². The van der Waals surface area contributed by atoms with Crippen molar-refractivity contribution in [1.29, 1.82) is 0 Å². The van der Waals surface area contributed by atoms with E-state index in [9.17, 15) is 0 Å². The van der Waals surface area contributed by atoms with Gasteiger partial charge in [0.2, 0.25) is 0 Å². The number of fused-ring (bicyclic) bond motifs is 6. The lowest BCUT2D eigenvalue weighted by molar-refractivity contribution is -0.140. The average molecular weight is 566 g/mol. The Morgan fingerprint density at radius 1 is 0.545 bits per heavy atom. The third-order valence-electron chi connectivity index (χ3n) is 13.1. The summed E-state index contributed by atoms with van der Waals surface area (Å²) in [6, 6.07) is 48.4. The topological polar surface area (TPSA) is 3.24 Å². The van der Waals surface area contributed by atoms with Crippen molar-refractivity contribution in [2.24, 2.45) is 29.1 Å². The van der Waals surface area contributed by atoms with Gasteiger partial charge in [0.25, 0.3) is 0 Å². The van der Waals surface area contributed by atoms with E-state index in [2.05, 4.69) is 132 Å². The molecule has 6 aliphatic carbocycles. The molecule has 44 heavy (non-hydrogen) atoms. The van der Waals surface area contributed by atoms with Crippen LogP contribution in [-0.2, 0) is 5.41 Å². The minimum Gasteiger partial charge on any atom is -0.310 e. The third kappa shape index (κ3) is 2.71. The SMILES string of the molecule is c1ccc(N(c2ccc3c(c2)C2(c4ccccc4-3)C3CC4CC5CC2(C4)C5C3)c2cc3ccccc3c3ccccc23)cc1. The fraction of sp³-hybridized carbons (Fsp3) is 0.256. The van der Waals surface area contributed by atoms with Crippen molar-refractivity contribution < 1.29 is 0 Å².